The maximum Gasteiger partial charge on any atom is 0.228 e. The highest BCUT2D eigenvalue weighted by Crippen LogP contribution is 2.41. The van der Waals surface area contributed by atoms with Gasteiger partial charge in [0.2, 0.25) is 11.9 Å². The minimum Gasteiger partial charge on any atom is -0.378 e. The van der Waals surface area contributed by atoms with Crippen molar-refractivity contribution in [2.24, 2.45) is 0 Å². The molecule has 154 valence electrons. The monoisotopic (exact) mass is 396 g/mol. The van der Waals surface area contributed by atoms with Crippen LogP contribution in [0, 0.1) is 0 Å². The highest BCUT2D eigenvalue weighted by Gasteiger charge is 2.42. The summed E-state index contributed by atoms with van der Waals surface area (Å²) in [5, 5.41) is 0. The van der Waals surface area contributed by atoms with Crippen molar-refractivity contribution in [2.75, 3.05) is 68.5 Å². The summed E-state index contributed by atoms with van der Waals surface area (Å²) in [6.45, 7) is 8.48. The van der Waals surface area contributed by atoms with Gasteiger partial charge in [-0.15, -0.1) is 0 Å². The van der Waals surface area contributed by atoms with E-state index in [2.05, 4.69) is 38.6 Å². The Kier molecular flexibility index (Phi) is 4.51. The second-order valence-electron chi connectivity index (χ2n) is 8.49. The van der Waals surface area contributed by atoms with Crippen LogP contribution in [0.15, 0.2) is 12.4 Å². The molecule has 2 N–H and O–H groups in total. The predicted octanol–water partition coefficient (Wildman–Crippen LogP) is 0.809. The number of hydrogen-bond donors (Lipinski definition) is 1. The Balaban J connectivity index is 1.61. The molecular weight excluding hydrogens is 368 g/mol. The number of fused-ring (bicyclic) bond motifs is 1. The summed E-state index contributed by atoms with van der Waals surface area (Å²) >= 11 is 0. The zero-order chi connectivity index (χ0) is 20.0. The number of nitrogens with two attached hydrogens (primary N) is 1. The third-order valence-corrected chi connectivity index (χ3v) is 6.35. The topological polar surface area (TPSA) is 96.5 Å². The molecule has 0 unspecified atom stereocenters. The standard InChI is InChI=1S/C20H28N8O/c1-20(4-6-26(2)13-20)28-5-3-15-16(14-11-22-18(21)23-12-14)24-19(25-17(15)28)27-7-9-29-10-8-27/h11-12H,3-10,13H2,1-2H3,(H2,21,22,23)/t20-/m0/s1. The number of aromatic nitrogens is 4. The molecule has 5 heterocycles. The summed E-state index contributed by atoms with van der Waals surface area (Å²) in [6, 6.07) is 0. The first-order valence-corrected chi connectivity index (χ1v) is 10.3. The number of hydrogen-bond acceptors (Lipinski definition) is 9. The van der Waals surface area contributed by atoms with Gasteiger partial charge in [0.15, 0.2) is 0 Å². The molecule has 0 aliphatic carbocycles. The van der Waals surface area contributed by atoms with Crippen molar-refractivity contribution >= 4 is 17.7 Å². The van der Waals surface area contributed by atoms with E-state index < -0.39 is 0 Å². The van der Waals surface area contributed by atoms with Gasteiger partial charge in [-0.05, 0) is 26.8 Å². The molecule has 2 fully saturated rings. The Morgan fingerprint density at radius 1 is 1.07 bits per heavy atom. The van der Waals surface area contributed by atoms with Crippen LogP contribution in [0.5, 0.6) is 0 Å². The average molecular weight is 396 g/mol. The molecule has 2 saturated heterocycles. The molecule has 0 aromatic carbocycles. The van der Waals surface area contributed by atoms with Crippen LogP contribution < -0.4 is 15.5 Å². The largest absolute Gasteiger partial charge is 0.378 e. The highest BCUT2D eigenvalue weighted by molar-refractivity contribution is 5.73. The summed E-state index contributed by atoms with van der Waals surface area (Å²) in [6.07, 6.45) is 5.60. The number of ether oxygens (including phenoxy) is 1. The lowest BCUT2D eigenvalue weighted by Crippen LogP contribution is -2.48. The first kappa shape index (κ1) is 18.5. The highest BCUT2D eigenvalue weighted by atomic mass is 16.5. The normalized spacial score (nSPS) is 24.9. The SMILES string of the molecule is CN1CC[C@](C)(N2CCc3c(-c4cnc(N)nc4)nc(N4CCOCC4)nc32)C1. The summed E-state index contributed by atoms with van der Waals surface area (Å²) in [4.78, 5) is 25.5. The van der Waals surface area contributed by atoms with Gasteiger partial charge in [-0.3, -0.25) is 0 Å². The Morgan fingerprint density at radius 3 is 2.52 bits per heavy atom. The van der Waals surface area contributed by atoms with Gasteiger partial charge in [0, 0.05) is 56.2 Å². The van der Waals surface area contributed by atoms with Crippen molar-refractivity contribution in [3.63, 3.8) is 0 Å². The van der Waals surface area contributed by atoms with Gasteiger partial charge < -0.3 is 25.2 Å². The minimum absolute atomic E-state index is 0.0888. The number of likely N-dealkylation sites (tertiary alicyclic amines) is 1. The maximum absolute atomic E-state index is 5.71. The molecule has 0 radical (unpaired) electrons. The first-order valence-electron chi connectivity index (χ1n) is 10.3. The van der Waals surface area contributed by atoms with Crippen LogP contribution in [0.25, 0.3) is 11.3 Å². The van der Waals surface area contributed by atoms with Crippen LogP contribution in [0.3, 0.4) is 0 Å². The van der Waals surface area contributed by atoms with E-state index in [-0.39, 0.29) is 11.5 Å². The zero-order valence-electron chi connectivity index (χ0n) is 17.1. The van der Waals surface area contributed by atoms with Gasteiger partial charge >= 0.3 is 0 Å². The average Bonchev–Trinajstić information content (AvgIpc) is 3.32. The lowest BCUT2D eigenvalue weighted by molar-refractivity contribution is 0.122. The lowest BCUT2D eigenvalue weighted by atomic mass is 9.99. The third-order valence-electron chi connectivity index (χ3n) is 6.35. The zero-order valence-corrected chi connectivity index (χ0v) is 17.1. The van der Waals surface area contributed by atoms with E-state index in [1.807, 2.05) is 0 Å². The van der Waals surface area contributed by atoms with Crippen LogP contribution in [0.4, 0.5) is 17.7 Å². The Bertz CT molecular complexity index is 898. The van der Waals surface area contributed by atoms with E-state index in [1.54, 1.807) is 12.4 Å². The van der Waals surface area contributed by atoms with Crippen molar-refractivity contribution in [3.05, 3.63) is 18.0 Å². The number of nitrogen functional groups attached to an aromatic ring is 1. The molecular formula is C20H28N8O. The molecule has 1 atom stereocenters. The van der Waals surface area contributed by atoms with Gasteiger partial charge in [0.05, 0.1) is 24.4 Å². The second-order valence-corrected chi connectivity index (χ2v) is 8.49. The molecule has 9 heteroatoms. The number of likely N-dealkylation sites (N-methyl/N-ethyl adjacent to an activating group) is 1. The first-order chi connectivity index (χ1) is 14.0. The van der Waals surface area contributed by atoms with Crippen molar-refractivity contribution in [2.45, 2.75) is 25.3 Å². The van der Waals surface area contributed by atoms with Crippen LogP contribution in [0.2, 0.25) is 0 Å². The van der Waals surface area contributed by atoms with Crippen LogP contribution in [-0.2, 0) is 11.2 Å². The Morgan fingerprint density at radius 2 is 1.83 bits per heavy atom. The molecule has 9 nitrogen and oxygen atoms in total. The molecule has 29 heavy (non-hydrogen) atoms. The Labute approximate surface area is 170 Å². The fourth-order valence-corrected chi connectivity index (χ4v) is 4.76. The van der Waals surface area contributed by atoms with E-state index in [9.17, 15) is 0 Å². The van der Waals surface area contributed by atoms with Crippen molar-refractivity contribution < 1.29 is 4.74 Å². The molecule has 0 spiro atoms. The molecule has 5 rings (SSSR count). The van der Waals surface area contributed by atoms with Gasteiger partial charge in [-0.2, -0.15) is 4.98 Å². The fourth-order valence-electron chi connectivity index (χ4n) is 4.76. The van der Waals surface area contributed by atoms with E-state index in [0.717, 1.165) is 68.6 Å². The molecule has 2 aromatic heterocycles. The quantitative estimate of drug-likeness (QED) is 0.808. The third kappa shape index (κ3) is 3.28. The van der Waals surface area contributed by atoms with E-state index in [0.29, 0.717) is 13.2 Å². The summed E-state index contributed by atoms with van der Waals surface area (Å²) < 4.78 is 5.53. The predicted molar refractivity (Wildman–Crippen MR) is 112 cm³/mol. The summed E-state index contributed by atoms with van der Waals surface area (Å²) in [5.41, 5.74) is 8.80. The van der Waals surface area contributed by atoms with Gasteiger partial charge in [-0.1, -0.05) is 0 Å². The molecule has 0 amide bonds. The van der Waals surface area contributed by atoms with Gasteiger partial charge in [-0.25, -0.2) is 15.0 Å². The van der Waals surface area contributed by atoms with Gasteiger partial charge in [0.1, 0.15) is 5.82 Å². The molecule has 0 saturated carbocycles. The number of rotatable bonds is 3. The molecule has 3 aliphatic rings. The van der Waals surface area contributed by atoms with Crippen molar-refractivity contribution in [1.29, 1.82) is 0 Å². The molecule has 3 aliphatic heterocycles. The van der Waals surface area contributed by atoms with Crippen LogP contribution >= 0.6 is 0 Å². The minimum atomic E-state index is 0.0888. The van der Waals surface area contributed by atoms with Crippen LogP contribution in [0.1, 0.15) is 18.9 Å². The number of nitrogens with zero attached hydrogens (tertiary/aromatic N) is 7. The summed E-state index contributed by atoms with van der Waals surface area (Å²) in [5.74, 6) is 2.10. The smallest absolute Gasteiger partial charge is 0.228 e. The molecule has 2 aromatic rings. The van der Waals surface area contributed by atoms with E-state index in [1.165, 1.54) is 5.56 Å². The number of anilines is 3. The lowest BCUT2D eigenvalue weighted by Gasteiger charge is -2.37. The van der Waals surface area contributed by atoms with Gasteiger partial charge in [0.25, 0.3) is 0 Å². The second kappa shape index (κ2) is 7.07. The maximum atomic E-state index is 5.71. The Hall–Kier alpha value is -2.52. The van der Waals surface area contributed by atoms with Crippen molar-refractivity contribution in [3.8, 4) is 11.3 Å². The van der Waals surface area contributed by atoms with Crippen molar-refractivity contribution in [1.82, 2.24) is 24.8 Å². The molecule has 0 bridgehead atoms. The fraction of sp³-hybridized carbons (Fsp3) is 0.600. The van der Waals surface area contributed by atoms with Crippen LogP contribution in [-0.4, -0.2) is 83.4 Å². The summed E-state index contributed by atoms with van der Waals surface area (Å²) in [7, 11) is 2.19. The number of morpholine rings is 1. The van der Waals surface area contributed by atoms with E-state index >= 15 is 0 Å². The van der Waals surface area contributed by atoms with E-state index in [4.69, 9.17) is 20.4 Å².